The number of nitrogens with zero attached hydrogens (tertiary/aromatic N) is 3. The van der Waals surface area contributed by atoms with Crippen LogP contribution >= 0.6 is 0 Å². The Hall–Kier alpha value is -3.30. The summed E-state index contributed by atoms with van der Waals surface area (Å²) in [5.41, 5.74) is 5.08. The van der Waals surface area contributed by atoms with E-state index >= 15 is 0 Å². The van der Waals surface area contributed by atoms with Crippen molar-refractivity contribution in [2.24, 2.45) is 5.92 Å². The first-order chi connectivity index (χ1) is 12.2. The lowest BCUT2D eigenvalue weighted by Crippen LogP contribution is -2.29. The Balaban J connectivity index is 2.29. The molecule has 0 radical (unpaired) electrons. The van der Waals surface area contributed by atoms with Crippen molar-refractivity contribution >= 4 is 11.4 Å². The molecule has 0 fully saturated rings. The fourth-order valence-electron chi connectivity index (χ4n) is 3.39. The number of benzene rings is 2. The Morgan fingerprint density at radius 2 is 1.20 bits per heavy atom. The van der Waals surface area contributed by atoms with Crippen molar-refractivity contribution in [2.45, 2.75) is 13.8 Å². The highest BCUT2D eigenvalue weighted by atomic mass is 15.2. The van der Waals surface area contributed by atoms with E-state index in [2.05, 4.69) is 17.0 Å². The van der Waals surface area contributed by atoms with Gasteiger partial charge in [0.05, 0.1) is 34.7 Å². The third-order valence-electron chi connectivity index (χ3n) is 4.57. The van der Waals surface area contributed by atoms with Crippen LogP contribution in [0.4, 0.5) is 0 Å². The molecule has 25 heavy (non-hydrogen) atoms. The number of nitriles is 2. The number of rotatable bonds is 3. The molecule has 0 saturated heterocycles. The molecule has 0 N–H and O–H groups in total. The Labute approximate surface area is 148 Å². The standard InChI is InChI=1S/C22H19N3/c1-3-25-21(17-10-6-4-7-11-17)19(14-23)16(2)20(15-24)22(25)18-12-8-5-9-13-18/h4-13,16H,3H2,1-2H3. The van der Waals surface area contributed by atoms with E-state index in [1.54, 1.807) is 0 Å². The molecule has 122 valence electrons. The first-order valence-electron chi connectivity index (χ1n) is 8.39. The molecule has 1 heterocycles. The Morgan fingerprint density at radius 3 is 1.52 bits per heavy atom. The maximum Gasteiger partial charge on any atom is 0.0976 e. The normalized spacial score (nSPS) is 15.1. The second-order valence-electron chi connectivity index (χ2n) is 5.95. The van der Waals surface area contributed by atoms with Gasteiger partial charge in [-0.05, 0) is 18.1 Å². The van der Waals surface area contributed by atoms with Crippen LogP contribution in [-0.2, 0) is 0 Å². The summed E-state index contributed by atoms with van der Waals surface area (Å²) < 4.78 is 0. The van der Waals surface area contributed by atoms with Gasteiger partial charge in [0, 0.05) is 12.5 Å². The Kier molecular flexibility index (Phi) is 4.68. The molecule has 2 aromatic rings. The molecule has 2 aromatic carbocycles. The quantitative estimate of drug-likeness (QED) is 0.812. The van der Waals surface area contributed by atoms with Crippen LogP contribution in [0.1, 0.15) is 25.0 Å². The zero-order chi connectivity index (χ0) is 17.8. The molecule has 0 unspecified atom stereocenters. The van der Waals surface area contributed by atoms with E-state index < -0.39 is 0 Å². The fourth-order valence-corrected chi connectivity index (χ4v) is 3.39. The molecule has 1 aliphatic heterocycles. The van der Waals surface area contributed by atoms with Gasteiger partial charge >= 0.3 is 0 Å². The lowest BCUT2D eigenvalue weighted by molar-refractivity contribution is 0.557. The zero-order valence-electron chi connectivity index (χ0n) is 14.4. The summed E-state index contributed by atoms with van der Waals surface area (Å²) in [7, 11) is 0. The van der Waals surface area contributed by atoms with E-state index in [9.17, 15) is 10.5 Å². The zero-order valence-corrected chi connectivity index (χ0v) is 14.4. The molecule has 3 heteroatoms. The highest BCUT2D eigenvalue weighted by Crippen LogP contribution is 2.42. The van der Waals surface area contributed by atoms with Gasteiger partial charge in [-0.1, -0.05) is 67.6 Å². The van der Waals surface area contributed by atoms with Crippen molar-refractivity contribution in [3.05, 3.63) is 82.9 Å². The monoisotopic (exact) mass is 325 g/mol. The molecule has 3 nitrogen and oxygen atoms in total. The molecule has 3 rings (SSSR count). The van der Waals surface area contributed by atoms with Crippen molar-refractivity contribution in [2.75, 3.05) is 6.54 Å². The van der Waals surface area contributed by atoms with Gasteiger partial charge < -0.3 is 4.90 Å². The van der Waals surface area contributed by atoms with Crippen LogP contribution in [0.5, 0.6) is 0 Å². The minimum atomic E-state index is -0.233. The highest BCUT2D eigenvalue weighted by molar-refractivity contribution is 5.87. The van der Waals surface area contributed by atoms with Gasteiger partial charge in [0.1, 0.15) is 0 Å². The van der Waals surface area contributed by atoms with Crippen LogP contribution in [0, 0.1) is 28.6 Å². The molecular weight excluding hydrogens is 306 g/mol. The summed E-state index contributed by atoms with van der Waals surface area (Å²) in [4.78, 5) is 2.10. The smallest absolute Gasteiger partial charge is 0.0976 e. The average molecular weight is 325 g/mol. The molecule has 0 spiro atoms. The second-order valence-corrected chi connectivity index (χ2v) is 5.95. The van der Waals surface area contributed by atoms with Crippen LogP contribution in [0.3, 0.4) is 0 Å². The van der Waals surface area contributed by atoms with Gasteiger partial charge in [-0.25, -0.2) is 0 Å². The van der Waals surface area contributed by atoms with E-state index in [1.165, 1.54) is 0 Å². The summed E-state index contributed by atoms with van der Waals surface area (Å²) >= 11 is 0. The van der Waals surface area contributed by atoms with Crippen molar-refractivity contribution < 1.29 is 0 Å². The van der Waals surface area contributed by atoms with Crippen LogP contribution in [0.2, 0.25) is 0 Å². The van der Waals surface area contributed by atoms with Crippen LogP contribution < -0.4 is 0 Å². The van der Waals surface area contributed by atoms with Crippen LogP contribution in [-0.4, -0.2) is 11.4 Å². The Bertz CT molecular complexity index is 834. The minimum absolute atomic E-state index is 0.233. The number of hydrogen-bond acceptors (Lipinski definition) is 3. The van der Waals surface area contributed by atoms with Crippen molar-refractivity contribution in [1.29, 1.82) is 10.5 Å². The number of allylic oxidation sites excluding steroid dienone is 2. The molecule has 0 saturated carbocycles. The maximum atomic E-state index is 9.81. The molecule has 0 bridgehead atoms. The van der Waals surface area contributed by atoms with Crippen molar-refractivity contribution in [1.82, 2.24) is 4.90 Å². The third kappa shape index (κ3) is 2.82. The molecule has 0 amide bonds. The molecular formula is C22H19N3. The SMILES string of the molecule is CCN1C(c2ccccc2)=C(C#N)C(C)C(C#N)=C1c1ccccc1. The first kappa shape index (κ1) is 16.6. The van der Waals surface area contributed by atoms with E-state index in [0.717, 1.165) is 22.5 Å². The van der Waals surface area contributed by atoms with Crippen LogP contribution in [0.15, 0.2) is 71.8 Å². The van der Waals surface area contributed by atoms with Gasteiger partial charge in [-0.3, -0.25) is 0 Å². The first-order valence-corrected chi connectivity index (χ1v) is 8.39. The van der Waals surface area contributed by atoms with Gasteiger partial charge in [0.15, 0.2) is 0 Å². The lowest BCUT2D eigenvalue weighted by atomic mass is 9.83. The average Bonchev–Trinajstić information content (AvgIpc) is 2.68. The summed E-state index contributed by atoms with van der Waals surface area (Å²) in [5.74, 6) is -0.233. The Morgan fingerprint density at radius 1 is 0.800 bits per heavy atom. The van der Waals surface area contributed by atoms with Gasteiger partial charge in [0.25, 0.3) is 0 Å². The van der Waals surface area contributed by atoms with Crippen molar-refractivity contribution in [3.63, 3.8) is 0 Å². The van der Waals surface area contributed by atoms with E-state index in [-0.39, 0.29) is 5.92 Å². The van der Waals surface area contributed by atoms with Crippen LogP contribution in [0.25, 0.3) is 11.4 Å². The van der Waals surface area contributed by atoms with E-state index in [1.807, 2.05) is 74.5 Å². The lowest BCUT2D eigenvalue weighted by Gasteiger charge is -2.36. The molecule has 1 aliphatic rings. The molecule has 0 atom stereocenters. The highest BCUT2D eigenvalue weighted by Gasteiger charge is 2.33. The van der Waals surface area contributed by atoms with Gasteiger partial charge in [-0.2, -0.15) is 10.5 Å². The summed E-state index contributed by atoms with van der Waals surface area (Å²) in [6, 6.07) is 24.6. The molecule has 0 aliphatic carbocycles. The summed E-state index contributed by atoms with van der Waals surface area (Å²) in [6.07, 6.45) is 0. The van der Waals surface area contributed by atoms with E-state index in [4.69, 9.17) is 0 Å². The third-order valence-corrected chi connectivity index (χ3v) is 4.57. The fraction of sp³-hybridized carbons (Fsp3) is 0.182. The maximum absolute atomic E-state index is 9.81. The summed E-state index contributed by atoms with van der Waals surface area (Å²) in [5, 5.41) is 19.6. The topological polar surface area (TPSA) is 50.8 Å². The molecule has 0 aromatic heterocycles. The van der Waals surface area contributed by atoms with E-state index in [0.29, 0.717) is 17.7 Å². The van der Waals surface area contributed by atoms with Gasteiger partial charge in [0.2, 0.25) is 0 Å². The van der Waals surface area contributed by atoms with Crippen molar-refractivity contribution in [3.8, 4) is 12.1 Å². The largest absolute Gasteiger partial charge is 0.339 e. The predicted molar refractivity (Wildman–Crippen MR) is 99.5 cm³/mol. The van der Waals surface area contributed by atoms with Gasteiger partial charge in [-0.15, -0.1) is 0 Å². The minimum Gasteiger partial charge on any atom is -0.339 e. The summed E-state index contributed by atoms with van der Waals surface area (Å²) in [6.45, 7) is 4.67. The second kappa shape index (κ2) is 7.07. The number of hydrogen-bond donors (Lipinski definition) is 0. The predicted octanol–water partition coefficient (Wildman–Crippen LogP) is 4.83.